The van der Waals surface area contributed by atoms with E-state index in [1.807, 2.05) is 20.8 Å². The van der Waals surface area contributed by atoms with Crippen molar-refractivity contribution in [2.24, 2.45) is 0 Å². The molecule has 0 aliphatic carbocycles. The highest BCUT2D eigenvalue weighted by molar-refractivity contribution is 5.68. The lowest BCUT2D eigenvalue weighted by atomic mass is 10.0. The minimum atomic E-state index is -4.99. The number of hydrogen-bond acceptors (Lipinski definition) is 8. The summed E-state index contributed by atoms with van der Waals surface area (Å²) in [5.41, 5.74) is -3.60. The number of alkyl halides is 3. The molecule has 0 radical (unpaired) electrons. The lowest BCUT2D eigenvalue weighted by Gasteiger charge is -2.34. The molecule has 1 fully saturated rings. The first-order valence-electron chi connectivity index (χ1n) is 12.1. The summed E-state index contributed by atoms with van der Waals surface area (Å²) in [6.45, 7) is 7.11. The van der Waals surface area contributed by atoms with Gasteiger partial charge in [0.2, 0.25) is 5.60 Å². The van der Waals surface area contributed by atoms with E-state index in [9.17, 15) is 23.1 Å². The van der Waals surface area contributed by atoms with Gasteiger partial charge in [-0.15, -0.1) is 0 Å². The third kappa shape index (κ3) is 5.62. The van der Waals surface area contributed by atoms with Gasteiger partial charge in [0.05, 0.1) is 19.0 Å². The fourth-order valence-corrected chi connectivity index (χ4v) is 4.15. The summed E-state index contributed by atoms with van der Waals surface area (Å²) in [5.74, 6) is 0.275. The first kappa shape index (κ1) is 27.4. The molecule has 2 N–H and O–H groups in total. The number of aromatic nitrogens is 4. The summed E-state index contributed by atoms with van der Waals surface area (Å²) < 4.78 is 52.5. The highest BCUT2D eigenvalue weighted by Gasteiger charge is 2.54. The SMILES string of the molecule is COc1cc2ncc(-c3cccc(NC4CCCN(C(=O)OC(C)(C)C)C4)n3)n2nc1C(C)(O)C(F)(F)F. The van der Waals surface area contributed by atoms with E-state index in [-0.39, 0.29) is 23.5 Å². The molecule has 2 atom stereocenters. The van der Waals surface area contributed by atoms with Crippen molar-refractivity contribution in [2.45, 2.75) is 64.0 Å². The zero-order valence-corrected chi connectivity index (χ0v) is 21.8. The summed E-state index contributed by atoms with van der Waals surface area (Å²) >= 11 is 0. The predicted octanol–water partition coefficient (Wildman–Crippen LogP) is 4.38. The number of nitrogens with zero attached hydrogens (tertiary/aromatic N) is 5. The van der Waals surface area contributed by atoms with Crippen LogP contribution < -0.4 is 10.1 Å². The van der Waals surface area contributed by atoms with Gasteiger partial charge in [0.25, 0.3) is 0 Å². The number of imidazole rings is 1. The van der Waals surface area contributed by atoms with Gasteiger partial charge in [0.1, 0.15) is 28.6 Å². The zero-order chi connectivity index (χ0) is 27.9. The highest BCUT2D eigenvalue weighted by Crippen LogP contribution is 2.41. The number of aliphatic hydroxyl groups is 1. The van der Waals surface area contributed by atoms with Crippen LogP contribution in [0.1, 0.15) is 46.2 Å². The van der Waals surface area contributed by atoms with Gasteiger partial charge < -0.3 is 24.8 Å². The van der Waals surface area contributed by atoms with E-state index in [0.29, 0.717) is 37.2 Å². The van der Waals surface area contributed by atoms with E-state index >= 15 is 0 Å². The monoisotopic (exact) mass is 536 g/mol. The average Bonchev–Trinajstić information content (AvgIpc) is 3.25. The van der Waals surface area contributed by atoms with Crippen LogP contribution in [0.25, 0.3) is 17.0 Å². The van der Waals surface area contributed by atoms with Gasteiger partial charge in [0.15, 0.2) is 5.65 Å². The number of rotatable bonds is 5. The Kier molecular flexibility index (Phi) is 7.17. The number of likely N-dealkylation sites (tertiary alicyclic amines) is 1. The van der Waals surface area contributed by atoms with E-state index in [4.69, 9.17) is 9.47 Å². The summed E-state index contributed by atoms with van der Waals surface area (Å²) in [6, 6.07) is 6.39. The Bertz CT molecular complexity index is 1320. The van der Waals surface area contributed by atoms with Gasteiger partial charge in [-0.25, -0.2) is 19.3 Å². The Balaban J connectivity index is 1.61. The molecule has 3 aromatic heterocycles. The second-order valence-corrected chi connectivity index (χ2v) is 10.4. The lowest BCUT2D eigenvalue weighted by Crippen LogP contribution is -2.47. The molecule has 4 heterocycles. The van der Waals surface area contributed by atoms with Crippen LogP contribution in [0.15, 0.2) is 30.5 Å². The molecule has 0 saturated carbocycles. The van der Waals surface area contributed by atoms with Crippen molar-refractivity contribution in [3.8, 4) is 17.1 Å². The zero-order valence-electron chi connectivity index (χ0n) is 21.8. The second kappa shape index (κ2) is 9.93. The highest BCUT2D eigenvalue weighted by atomic mass is 19.4. The molecule has 13 heteroatoms. The number of amides is 1. The number of piperidine rings is 1. The van der Waals surface area contributed by atoms with E-state index in [1.54, 1.807) is 23.1 Å². The molecule has 3 aromatic rings. The molecule has 4 rings (SSSR count). The van der Waals surface area contributed by atoms with Crippen molar-refractivity contribution < 1.29 is 32.5 Å². The fraction of sp³-hybridized carbons (Fsp3) is 0.520. The van der Waals surface area contributed by atoms with Crippen LogP contribution in [0.4, 0.5) is 23.8 Å². The minimum absolute atomic E-state index is 0.0722. The van der Waals surface area contributed by atoms with Crippen molar-refractivity contribution in [2.75, 3.05) is 25.5 Å². The van der Waals surface area contributed by atoms with Crippen LogP contribution >= 0.6 is 0 Å². The number of halogens is 3. The number of ether oxygens (including phenoxy) is 2. The Morgan fingerprint density at radius 1 is 1.21 bits per heavy atom. The predicted molar refractivity (Wildman–Crippen MR) is 133 cm³/mol. The topological polar surface area (TPSA) is 114 Å². The van der Waals surface area contributed by atoms with Crippen molar-refractivity contribution in [1.82, 2.24) is 24.5 Å². The number of methoxy groups -OCH3 is 1. The number of hydrogen-bond donors (Lipinski definition) is 2. The molecule has 2 unspecified atom stereocenters. The summed E-state index contributed by atoms with van der Waals surface area (Å²) in [7, 11) is 1.19. The first-order chi connectivity index (χ1) is 17.7. The lowest BCUT2D eigenvalue weighted by molar-refractivity contribution is -0.261. The minimum Gasteiger partial charge on any atom is -0.495 e. The molecule has 206 valence electrons. The van der Waals surface area contributed by atoms with E-state index in [1.165, 1.54) is 23.9 Å². The van der Waals surface area contributed by atoms with Gasteiger partial charge in [-0.3, -0.25) is 0 Å². The smallest absolute Gasteiger partial charge is 0.422 e. The van der Waals surface area contributed by atoms with Crippen LogP contribution in [0.5, 0.6) is 5.75 Å². The summed E-state index contributed by atoms with van der Waals surface area (Å²) in [5, 5.41) is 17.7. The molecular formula is C25H31F3N6O4. The fourth-order valence-electron chi connectivity index (χ4n) is 4.15. The number of carbonyl (C=O) groups is 1. The van der Waals surface area contributed by atoms with Crippen molar-refractivity contribution in [3.63, 3.8) is 0 Å². The molecule has 10 nitrogen and oxygen atoms in total. The van der Waals surface area contributed by atoms with Gasteiger partial charge in [-0.05, 0) is 52.7 Å². The largest absolute Gasteiger partial charge is 0.495 e. The van der Waals surface area contributed by atoms with Gasteiger partial charge in [-0.2, -0.15) is 18.3 Å². The van der Waals surface area contributed by atoms with Crippen molar-refractivity contribution in [1.29, 1.82) is 0 Å². The summed E-state index contributed by atoms with van der Waals surface area (Å²) in [6.07, 6.45) is -2.32. The van der Waals surface area contributed by atoms with Crippen LogP contribution in [-0.2, 0) is 10.3 Å². The molecular weight excluding hydrogens is 505 g/mol. The molecule has 1 amide bonds. The Morgan fingerprint density at radius 3 is 2.61 bits per heavy atom. The van der Waals surface area contributed by atoms with E-state index < -0.39 is 23.1 Å². The van der Waals surface area contributed by atoms with Crippen LogP contribution in [0.2, 0.25) is 0 Å². The van der Waals surface area contributed by atoms with Crippen LogP contribution in [0, 0.1) is 0 Å². The quantitative estimate of drug-likeness (QED) is 0.494. The third-order valence-electron chi connectivity index (χ3n) is 6.13. The summed E-state index contributed by atoms with van der Waals surface area (Å²) in [4.78, 5) is 23.0. The molecule has 0 aromatic carbocycles. The first-order valence-corrected chi connectivity index (χ1v) is 12.1. The molecule has 1 saturated heterocycles. The molecule has 1 aliphatic heterocycles. The average molecular weight is 537 g/mol. The number of anilines is 1. The maximum absolute atomic E-state index is 13.6. The number of carbonyl (C=O) groups excluding carboxylic acids is 1. The normalized spacial score (nSPS) is 18.2. The van der Waals surface area contributed by atoms with E-state index in [0.717, 1.165) is 12.8 Å². The van der Waals surface area contributed by atoms with Gasteiger partial charge in [0, 0.05) is 25.2 Å². The van der Waals surface area contributed by atoms with Crippen molar-refractivity contribution >= 4 is 17.6 Å². The Morgan fingerprint density at radius 2 is 1.95 bits per heavy atom. The van der Waals surface area contributed by atoms with Gasteiger partial charge >= 0.3 is 12.3 Å². The maximum Gasteiger partial charge on any atom is 0.422 e. The number of nitrogens with one attached hydrogen (secondary N) is 1. The van der Waals surface area contributed by atoms with Gasteiger partial charge in [-0.1, -0.05) is 6.07 Å². The Hall–Kier alpha value is -3.61. The molecule has 0 bridgehead atoms. The van der Waals surface area contributed by atoms with Crippen molar-refractivity contribution in [3.05, 3.63) is 36.2 Å². The number of pyridine rings is 1. The Labute approximate surface area is 217 Å². The maximum atomic E-state index is 13.6. The van der Waals surface area contributed by atoms with E-state index in [2.05, 4.69) is 20.4 Å². The third-order valence-corrected chi connectivity index (χ3v) is 6.13. The molecule has 0 spiro atoms. The second-order valence-electron chi connectivity index (χ2n) is 10.4. The van der Waals surface area contributed by atoms with Crippen LogP contribution in [0.3, 0.4) is 0 Å². The van der Waals surface area contributed by atoms with Crippen LogP contribution in [-0.4, -0.2) is 73.7 Å². The number of fused-ring (bicyclic) bond motifs is 1. The molecule has 1 aliphatic rings. The molecule has 38 heavy (non-hydrogen) atoms. The standard InChI is InChI=1S/C25H31F3N6O4/c1-23(2,3)38-22(35)33-11-7-8-15(14-33)30-19-10-6-9-16(31-19)17-13-29-20-12-18(37-5)21(32-34(17)20)24(4,36)25(26,27)28/h6,9-10,12-13,15,36H,7-8,11,14H2,1-5H3,(H,30,31).